The van der Waals surface area contributed by atoms with Crippen molar-refractivity contribution < 1.29 is 38.4 Å². The fourth-order valence-electron chi connectivity index (χ4n) is 9.76. The lowest BCUT2D eigenvalue weighted by Gasteiger charge is -2.36. The molecule has 2 aromatic carbocycles. The maximum Gasteiger partial charge on any atom is 0.251 e. The molecule has 2 unspecified atom stereocenters. The van der Waals surface area contributed by atoms with E-state index in [1.807, 2.05) is 64.6 Å². The molecular weight excluding hydrogens is 929 g/mol. The number of benzene rings is 2. The third kappa shape index (κ3) is 16.1. The van der Waals surface area contributed by atoms with Crippen LogP contribution in [-0.2, 0) is 35.2 Å². The fraction of sp³-hybridized carbons (Fsp3) is 0.636. The molecule has 0 aromatic heterocycles. The van der Waals surface area contributed by atoms with E-state index in [1.54, 1.807) is 46.1 Å². The van der Waals surface area contributed by atoms with Gasteiger partial charge in [-0.3, -0.25) is 38.4 Å². The van der Waals surface area contributed by atoms with Gasteiger partial charge >= 0.3 is 0 Å². The van der Waals surface area contributed by atoms with Gasteiger partial charge in [-0.25, -0.2) is 0 Å². The minimum absolute atomic E-state index is 0.0274. The summed E-state index contributed by atoms with van der Waals surface area (Å²) in [5, 5.41) is 23.7. The molecule has 2 aromatic rings. The van der Waals surface area contributed by atoms with E-state index in [1.165, 1.54) is 16.5 Å². The Bertz CT molecular complexity index is 2270. The number of piperidine rings is 1. The third-order valence-electron chi connectivity index (χ3n) is 14.5. The van der Waals surface area contributed by atoms with Crippen molar-refractivity contribution >= 4 is 47.3 Å². The number of amides is 8. The van der Waals surface area contributed by atoms with Crippen molar-refractivity contribution in [2.45, 2.75) is 174 Å². The van der Waals surface area contributed by atoms with E-state index < -0.39 is 70.8 Å². The smallest absolute Gasteiger partial charge is 0.251 e. The molecule has 2 saturated heterocycles. The SMILES string of the molecule is CN[C@@H](C)C(=O)NC(C(=O)N[C@@H](CCCCCNC(=O)c1cccc(C(=O)N[C@H]2C[C@@H](C(=O)N[C@@H]3CCCc4ccccc43)N(C(=O)C(NC(=O)[C@H](C)NC)C(C)(C)C)C2)c1)C(=O)N1CCCCC1)C(C)(C)C. The predicted molar refractivity (Wildman–Crippen MR) is 281 cm³/mol. The fourth-order valence-corrected chi connectivity index (χ4v) is 9.76. The van der Waals surface area contributed by atoms with Crippen LogP contribution < -0.4 is 42.5 Å². The van der Waals surface area contributed by atoms with E-state index in [-0.39, 0.29) is 59.7 Å². The summed E-state index contributed by atoms with van der Waals surface area (Å²) in [6.07, 6.45) is 7.80. The zero-order valence-electron chi connectivity index (χ0n) is 45.0. The number of rotatable bonds is 21. The minimum atomic E-state index is -0.968. The quantitative estimate of drug-likeness (QED) is 0.0846. The maximum absolute atomic E-state index is 14.6. The van der Waals surface area contributed by atoms with E-state index >= 15 is 0 Å². The van der Waals surface area contributed by atoms with Crippen LogP contribution in [-0.4, -0.2) is 140 Å². The van der Waals surface area contributed by atoms with Gasteiger partial charge in [0.2, 0.25) is 35.4 Å². The van der Waals surface area contributed by atoms with Gasteiger partial charge in [-0.05, 0) is 126 Å². The molecule has 1 aliphatic carbocycles. The molecule has 0 radical (unpaired) electrons. The van der Waals surface area contributed by atoms with E-state index in [4.69, 9.17) is 0 Å². The first-order chi connectivity index (χ1) is 34.5. The molecular formula is C55H84N10O8. The van der Waals surface area contributed by atoms with E-state index in [0.717, 1.165) is 44.1 Å². The Morgan fingerprint density at radius 3 is 1.90 bits per heavy atom. The third-order valence-corrected chi connectivity index (χ3v) is 14.5. The Morgan fingerprint density at radius 2 is 1.27 bits per heavy atom. The number of nitrogens with zero attached hydrogens (tertiary/aromatic N) is 2. The molecule has 2 fully saturated rings. The average molecular weight is 1010 g/mol. The maximum atomic E-state index is 14.6. The molecule has 8 N–H and O–H groups in total. The highest BCUT2D eigenvalue weighted by Gasteiger charge is 2.46. The molecule has 8 amide bonds. The van der Waals surface area contributed by atoms with Gasteiger partial charge in [0.25, 0.3) is 11.8 Å². The van der Waals surface area contributed by atoms with E-state index in [0.29, 0.717) is 45.3 Å². The zero-order valence-corrected chi connectivity index (χ0v) is 45.0. The summed E-state index contributed by atoms with van der Waals surface area (Å²) < 4.78 is 0. The first-order valence-corrected chi connectivity index (χ1v) is 26.5. The van der Waals surface area contributed by atoms with Crippen LogP contribution in [0.1, 0.15) is 157 Å². The molecule has 18 nitrogen and oxygen atoms in total. The monoisotopic (exact) mass is 1010 g/mol. The number of likely N-dealkylation sites (N-methyl/N-ethyl adjacent to an activating group) is 2. The molecule has 8 atom stereocenters. The van der Waals surface area contributed by atoms with Gasteiger partial charge in [-0.1, -0.05) is 84.7 Å². The van der Waals surface area contributed by atoms with Crippen LogP contribution in [0.2, 0.25) is 0 Å². The Morgan fingerprint density at radius 1 is 0.658 bits per heavy atom. The van der Waals surface area contributed by atoms with Crippen LogP contribution in [0.25, 0.3) is 0 Å². The standard InChI is InChI=1S/C55H84N10O8/c1-34(56-9)46(66)62-44(54(3,4)5)51(71)61-42(52(72)64-29-17-12-18-30-64)26-13-11-16-28-58-48(68)37-23-19-24-38(31-37)49(69)59-39-32-43(50(70)60-41-27-20-22-36-21-14-15-25-40(36)41)65(33-39)53(73)45(55(6,7)8)63-47(67)35(2)57-10/h14-15,19,21,23-25,31,34-35,39,41-45,56-57H,11-13,16-18,20,22,26-30,32-33H2,1-10H3,(H,58,68)(H,59,69)(H,60,70)(H,61,71)(H,62,66)(H,63,67)/t34-,35-,39-,41+,42-,43-,44?,45?/m0/s1. The van der Waals surface area contributed by atoms with Gasteiger partial charge < -0.3 is 52.3 Å². The molecule has 0 saturated carbocycles. The number of unbranched alkanes of at least 4 members (excludes halogenated alkanes) is 2. The van der Waals surface area contributed by atoms with Crippen LogP contribution in [0.5, 0.6) is 0 Å². The number of fused-ring (bicyclic) bond motifs is 1. The van der Waals surface area contributed by atoms with Crippen molar-refractivity contribution in [2.75, 3.05) is 40.3 Å². The van der Waals surface area contributed by atoms with Gasteiger partial charge in [0.15, 0.2) is 0 Å². The van der Waals surface area contributed by atoms with E-state index in [2.05, 4.69) is 48.6 Å². The summed E-state index contributed by atoms with van der Waals surface area (Å²) in [6, 6.07) is 8.91. The number of hydrogen-bond acceptors (Lipinski definition) is 10. The molecule has 0 bridgehead atoms. The molecule has 402 valence electrons. The summed E-state index contributed by atoms with van der Waals surface area (Å²) in [5.74, 6) is -2.82. The molecule has 73 heavy (non-hydrogen) atoms. The molecule has 5 rings (SSSR count). The zero-order chi connectivity index (χ0) is 53.6. The highest BCUT2D eigenvalue weighted by atomic mass is 16.2. The second-order valence-electron chi connectivity index (χ2n) is 22.3. The van der Waals surface area contributed by atoms with Crippen LogP contribution in [0.4, 0.5) is 0 Å². The van der Waals surface area contributed by atoms with Crippen molar-refractivity contribution in [1.82, 2.24) is 52.3 Å². The van der Waals surface area contributed by atoms with Crippen LogP contribution in [0.3, 0.4) is 0 Å². The number of hydrogen-bond donors (Lipinski definition) is 8. The van der Waals surface area contributed by atoms with Gasteiger partial charge in [0, 0.05) is 43.3 Å². The van der Waals surface area contributed by atoms with Crippen LogP contribution in [0, 0.1) is 10.8 Å². The lowest BCUT2D eigenvalue weighted by atomic mass is 9.85. The van der Waals surface area contributed by atoms with Crippen molar-refractivity contribution in [3.8, 4) is 0 Å². The molecule has 0 spiro atoms. The number of aryl methyl sites for hydroxylation is 1. The summed E-state index contributed by atoms with van der Waals surface area (Å²) in [5.41, 5.74) is 1.39. The van der Waals surface area contributed by atoms with Crippen molar-refractivity contribution in [2.24, 2.45) is 10.8 Å². The topological polar surface area (TPSA) is 239 Å². The Labute approximate surface area is 432 Å². The number of likely N-dealkylation sites (tertiary alicyclic amines) is 2. The molecule has 18 heteroatoms. The molecule has 2 heterocycles. The normalized spacial score (nSPS) is 20.0. The number of nitrogens with one attached hydrogen (secondary N) is 8. The number of carbonyl (C=O) groups is 8. The summed E-state index contributed by atoms with van der Waals surface area (Å²) >= 11 is 0. The first-order valence-electron chi connectivity index (χ1n) is 26.5. The summed E-state index contributed by atoms with van der Waals surface area (Å²) in [7, 11) is 3.33. The number of carbonyl (C=O) groups excluding carboxylic acids is 8. The van der Waals surface area contributed by atoms with E-state index in [9.17, 15) is 38.4 Å². The molecule has 2 aliphatic heterocycles. The highest BCUT2D eigenvalue weighted by Crippen LogP contribution is 2.32. The summed E-state index contributed by atoms with van der Waals surface area (Å²) in [4.78, 5) is 113. The average Bonchev–Trinajstić information content (AvgIpc) is 3.80. The Hall–Kier alpha value is -5.88. The lowest BCUT2D eigenvalue weighted by Crippen LogP contribution is -2.60. The second-order valence-corrected chi connectivity index (χ2v) is 22.3. The largest absolute Gasteiger partial charge is 0.352 e. The highest BCUT2D eigenvalue weighted by molar-refractivity contribution is 6.00. The van der Waals surface area contributed by atoms with Gasteiger partial charge in [-0.2, -0.15) is 0 Å². The van der Waals surface area contributed by atoms with Gasteiger partial charge in [0.05, 0.1) is 18.1 Å². The van der Waals surface area contributed by atoms with Gasteiger partial charge in [-0.15, -0.1) is 0 Å². The first kappa shape index (κ1) is 58.0. The Kier molecular flexibility index (Phi) is 21.0. The summed E-state index contributed by atoms with van der Waals surface area (Å²) in [6.45, 7) is 16.2. The Balaban J connectivity index is 1.20. The molecule has 3 aliphatic rings. The lowest BCUT2D eigenvalue weighted by molar-refractivity contribution is -0.144. The van der Waals surface area contributed by atoms with Crippen LogP contribution >= 0.6 is 0 Å². The van der Waals surface area contributed by atoms with Crippen molar-refractivity contribution in [3.05, 3.63) is 70.8 Å². The predicted octanol–water partition coefficient (Wildman–Crippen LogP) is 3.64. The minimum Gasteiger partial charge on any atom is -0.352 e. The van der Waals surface area contributed by atoms with Crippen molar-refractivity contribution in [3.63, 3.8) is 0 Å². The van der Waals surface area contributed by atoms with Crippen molar-refractivity contribution in [1.29, 1.82) is 0 Å². The van der Waals surface area contributed by atoms with Gasteiger partial charge in [0.1, 0.15) is 24.2 Å². The second kappa shape index (κ2) is 26.4. The van der Waals surface area contributed by atoms with Crippen LogP contribution in [0.15, 0.2) is 48.5 Å².